The first-order valence-corrected chi connectivity index (χ1v) is 39.6. The molecule has 11 unspecified atom stereocenters. The Hall–Kier alpha value is -6.38. The Morgan fingerprint density at radius 1 is 0.473 bits per heavy atom. The lowest BCUT2D eigenvalue weighted by molar-refractivity contribution is -0.369. The number of ether oxygens (including phenoxy) is 21. The number of fused-ring (bicyclic) bond motifs is 2. The van der Waals surface area contributed by atoms with Crippen molar-refractivity contribution < 1.29 is 109 Å². The summed E-state index contributed by atoms with van der Waals surface area (Å²) in [4.78, 5) is 13.2. The molecule has 0 radical (unpaired) electrons. The zero-order chi connectivity index (χ0) is 78.2. The maximum atomic E-state index is 13.2. The van der Waals surface area contributed by atoms with Gasteiger partial charge in [0.2, 0.25) is 0 Å². The zero-order valence-electron chi connectivity index (χ0n) is 65.8. The monoisotopic (exact) mass is 1550 g/mol. The van der Waals surface area contributed by atoms with Crippen molar-refractivity contribution in [2.75, 3.05) is 26.4 Å². The van der Waals surface area contributed by atoms with Crippen LogP contribution >= 0.6 is 0 Å². The largest absolute Gasteiger partial charge is 0.457 e. The molecule has 14 rings (SSSR count). The molecular weight excluding hydrogens is 1440 g/mol. The van der Waals surface area contributed by atoms with Crippen LogP contribution in [0.3, 0.4) is 0 Å². The van der Waals surface area contributed by atoms with Gasteiger partial charge in [0.15, 0.2) is 49.6 Å². The molecule has 6 aromatic carbocycles. The zero-order valence-corrected chi connectivity index (χ0v) is 65.8. The van der Waals surface area contributed by atoms with Gasteiger partial charge in [0, 0.05) is 41.9 Å². The molecule has 0 bridgehead atoms. The first-order valence-electron chi connectivity index (χ1n) is 39.6. The van der Waals surface area contributed by atoms with E-state index < -0.39 is 171 Å². The van der Waals surface area contributed by atoms with Gasteiger partial charge in [0.25, 0.3) is 0 Å². The molecule has 24 nitrogen and oxygen atoms in total. The van der Waals surface area contributed by atoms with Crippen LogP contribution in [0.4, 0.5) is 0 Å². The van der Waals surface area contributed by atoms with Crippen molar-refractivity contribution in [1.29, 1.82) is 5.41 Å². The van der Waals surface area contributed by atoms with Crippen LogP contribution in [0.15, 0.2) is 182 Å². The highest BCUT2D eigenvalue weighted by Crippen LogP contribution is 2.49. The minimum Gasteiger partial charge on any atom is -0.457 e. The molecule has 606 valence electrons. The number of rotatable bonds is 31. The Balaban J connectivity index is 0.814. The third-order valence-electron chi connectivity index (χ3n) is 22.7. The van der Waals surface area contributed by atoms with Crippen LogP contribution in [0.25, 0.3) is 0 Å². The first-order chi connectivity index (χ1) is 54.2. The van der Waals surface area contributed by atoms with E-state index >= 15 is 0 Å². The van der Waals surface area contributed by atoms with Gasteiger partial charge in [-0.15, -0.1) is 0 Å². The second-order valence-electron chi connectivity index (χ2n) is 31.7. The Kier molecular flexibility index (Phi) is 27.3. The lowest BCUT2D eigenvalue weighted by Crippen LogP contribution is -2.66. The van der Waals surface area contributed by atoms with Gasteiger partial charge in [-0.1, -0.05) is 210 Å². The summed E-state index contributed by atoms with van der Waals surface area (Å²) in [5.74, 6) is -3.39. The summed E-state index contributed by atoms with van der Waals surface area (Å²) < 4.78 is 145. The van der Waals surface area contributed by atoms with E-state index in [1.807, 2.05) is 237 Å². The van der Waals surface area contributed by atoms with Gasteiger partial charge >= 0.3 is 5.97 Å². The fourth-order valence-electron chi connectivity index (χ4n) is 16.6. The predicted molar refractivity (Wildman–Crippen MR) is 406 cm³/mol. The molecule has 0 aliphatic carbocycles. The van der Waals surface area contributed by atoms with Crippen molar-refractivity contribution in [3.8, 4) is 0 Å². The van der Waals surface area contributed by atoms with E-state index in [0.29, 0.717) is 6.61 Å². The van der Waals surface area contributed by atoms with Crippen LogP contribution < -0.4 is 0 Å². The normalized spacial score (nSPS) is 37.3. The van der Waals surface area contributed by atoms with Crippen molar-refractivity contribution >= 4 is 11.7 Å². The maximum absolute atomic E-state index is 13.2. The maximum Gasteiger partial charge on any atom is 0.303 e. The second kappa shape index (κ2) is 37.3. The molecular formula is C88H111NO23. The number of carbonyl (C=O) groups excluding carboxylic acids is 1. The molecule has 8 heterocycles. The highest BCUT2D eigenvalue weighted by atomic mass is 16.8. The third-order valence-corrected chi connectivity index (χ3v) is 22.7. The SMILES string of the molecule is CC(=N)C(O[C@@H]1C(O[C@@H]2OC(C)[C@H](C)[C@@H]3OC(C)(C)OC23)[C@@H](OC(C)=O)C(C)O[C@@H]1O)[C@@H]1OC(C)[C@H](O[C@@H]2OC[C@@H](C)C(O[C@@H]3OC[C@]4(COCc5ccccc5)O[C@@H](c5ccccc5)OC34)[C@H]2OCc2ccccc2)C(O[C@@H]2OC(COCc3ccccc3)[C@@H](OCc3ccccc3)C(OCc3ccccc3)[C@H]2C)[C@@H]1C. The lowest BCUT2D eigenvalue weighted by atomic mass is 9.83. The van der Waals surface area contributed by atoms with E-state index in [4.69, 9.17) is 99.5 Å². The number of esters is 1. The fourth-order valence-corrected chi connectivity index (χ4v) is 16.6. The number of aliphatic hydroxyl groups is 1. The van der Waals surface area contributed by atoms with Gasteiger partial charge in [-0.3, -0.25) is 4.79 Å². The van der Waals surface area contributed by atoms with E-state index in [1.54, 1.807) is 13.8 Å². The Bertz CT molecular complexity index is 3900. The Morgan fingerprint density at radius 2 is 0.991 bits per heavy atom. The number of hydrogen-bond acceptors (Lipinski definition) is 24. The summed E-state index contributed by atoms with van der Waals surface area (Å²) in [7, 11) is 0. The van der Waals surface area contributed by atoms with E-state index in [1.165, 1.54) is 6.92 Å². The molecule has 6 aromatic rings. The Morgan fingerprint density at radius 3 is 1.58 bits per heavy atom. The molecule has 0 aromatic heterocycles. The predicted octanol–water partition coefficient (Wildman–Crippen LogP) is 12.1. The van der Waals surface area contributed by atoms with Crippen molar-refractivity contribution in [1.82, 2.24) is 0 Å². The summed E-state index contributed by atoms with van der Waals surface area (Å²) in [5, 5.41) is 22.2. The van der Waals surface area contributed by atoms with Gasteiger partial charge in [0.05, 0.1) is 108 Å². The smallest absolute Gasteiger partial charge is 0.303 e. The van der Waals surface area contributed by atoms with Gasteiger partial charge in [0.1, 0.15) is 60.5 Å². The number of nitrogens with one attached hydrogen (secondary N) is 1. The van der Waals surface area contributed by atoms with Gasteiger partial charge in [-0.25, -0.2) is 0 Å². The minimum absolute atomic E-state index is 0.0128. The van der Waals surface area contributed by atoms with Crippen LogP contribution in [0.1, 0.15) is 116 Å². The summed E-state index contributed by atoms with van der Waals surface area (Å²) >= 11 is 0. The number of carbonyl (C=O) groups is 1. The molecule has 0 saturated carbocycles. The number of hydrogen-bond donors (Lipinski definition) is 2. The number of benzene rings is 6. The van der Waals surface area contributed by atoms with Crippen LogP contribution in [0.2, 0.25) is 0 Å². The van der Waals surface area contributed by atoms with Crippen molar-refractivity contribution in [3.05, 3.63) is 215 Å². The Labute approximate surface area is 657 Å². The topological polar surface area (TPSA) is 255 Å². The first kappa shape index (κ1) is 82.2. The van der Waals surface area contributed by atoms with E-state index in [0.717, 1.165) is 33.4 Å². The van der Waals surface area contributed by atoms with Crippen molar-refractivity contribution in [2.45, 2.75) is 268 Å². The summed E-state index contributed by atoms with van der Waals surface area (Å²) in [6.07, 6.45) is -23.1. The van der Waals surface area contributed by atoms with Gasteiger partial charge in [-0.05, 0) is 69.4 Å². The average molecular weight is 1550 g/mol. The quantitative estimate of drug-likeness (QED) is 0.0303. The average Bonchev–Trinajstić information content (AvgIpc) is 1.61. The third kappa shape index (κ3) is 19.3. The standard InChI is InChI=1S/C88H111NO23/c1-51-42-97-84(78(96-47-64-38-26-16-27-39-64)67(51)105-86-80-88(50-98-86,49-93-44-61-32-20-13-21-33-61)112-83(109-80)65-40-28-17-29-41-65)107-73-57(7)99-69(72(55(5)89)104-77-76(74(102-59(9)90)58(8)100-81(77)91)108-85-79-71(52(2)56(6)101-85)110-87(10,11)111-79)53(3)70(73)106-82-54(4)68(94-45-62-34-22-14-23-35-62)75(95-46-63-36-24-15-25-37-63)66(103-82)48-92-43-60-30-18-12-19-31-60/h12-41,51-54,56-58,66-86,89,91H,42-50H2,1-11H3/t51-,52+,53-,54-,56?,57?,58?,66?,67?,68?,69-,70?,71+,72?,73+,74+,75-,76?,77-,78-,79?,80?,81+,82+,83+,84+,85+,86+,88+/m1/s1. The summed E-state index contributed by atoms with van der Waals surface area (Å²) in [6.45, 7) is 21.8. The second-order valence-corrected chi connectivity index (χ2v) is 31.7. The van der Waals surface area contributed by atoms with Crippen molar-refractivity contribution in [3.63, 3.8) is 0 Å². The molecule has 0 amide bonds. The molecule has 2 N–H and O–H groups in total. The highest BCUT2D eigenvalue weighted by molar-refractivity contribution is 5.84. The lowest BCUT2D eigenvalue weighted by Gasteiger charge is -2.52. The molecule has 8 aliphatic heterocycles. The van der Waals surface area contributed by atoms with E-state index in [-0.39, 0.29) is 76.5 Å². The van der Waals surface area contributed by atoms with E-state index in [9.17, 15) is 15.3 Å². The van der Waals surface area contributed by atoms with Crippen LogP contribution in [0, 0.1) is 29.1 Å². The molecule has 8 fully saturated rings. The molecule has 29 atom stereocenters. The van der Waals surface area contributed by atoms with Gasteiger partial charge < -0.3 is 110 Å². The van der Waals surface area contributed by atoms with Crippen LogP contribution in [0.5, 0.6) is 0 Å². The minimum atomic E-state index is -1.70. The van der Waals surface area contributed by atoms with Gasteiger partial charge in [-0.2, -0.15) is 0 Å². The molecule has 112 heavy (non-hydrogen) atoms. The van der Waals surface area contributed by atoms with Crippen molar-refractivity contribution in [2.24, 2.45) is 23.7 Å². The molecule has 0 spiro atoms. The summed E-state index contributed by atoms with van der Waals surface area (Å²) in [6, 6.07) is 59.5. The van der Waals surface area contributed by atoms with E-state index in [2.05, 4.69) is 0 Å². The summed E-state index contributed by atoms with van der Waals surface area (Å²) in [5.41, 5.74) is 4.56. The number of aliphatic hydroxyl groups excluding tert-OH is 1. The highest BCUT2D eigenvalue weighted by Gasteiger charge is 2.63. The molecule has 8 saturated heterocycles. The van der Waals surface area contributed by atoms with Crippen LogP contribution in [-0.2, 0) is 137 Å². The molecule has 8 aliphatic rings. The fraction of sp³-hybridized carbons (Fsp3) is 0.568. The molecule has 24 heteroatoms. The van der Waals surface area contributed by atoms with Crippen LogP contribution in [-0.4, -0.2) is 196 Å².